The van der Waals surface area contributed by atoms with Gasteiger partial charge in [-0.05, 0) is 32.3 Å². The van der Waals surface area contributed by atoms with E-state index < -0.39 is 0 Å². The first-order valence-corrected chi connectivity index (χ1v) is 8.11. The Bertz CT molecular complexity index is 481. The Morgan fingerprint density at radius 3 is 2.27 bits per heavy atom. The van der Waals surface area contributed by atoms with Gasteiger partial charge in [0.2, 0.25) is 5.91 Å². The number of likely N-dealkylation sites (N-methyl/N-ethyl adjacent to an activating group) is 1. The normalized spacial score (nSPS) is 13.7. The third-order valence-electron chi connectivity index (χ3n) is 3.78. The Kier molecular flexibility index (Phi) is 7.33. The first-order valence-electron chi connectivity index (χ1n) is 8.11. The van der Waals surface area contributed by atoms with Crippen molar-refractivity contribution in [1.29, 1.82) is 0 Å². The van der Waals surface area contributed by atoms with Crippen LogP contribution in [0.2, 0.25) is 0 Å². The monoisotopic (exact) mass is 302 g/mol. The summed E-state index contributed by atoms with van der Waals surface area (Å²) in [5, 5.41) is 3.50. The number of nitrogens with one attached hydrogen (secondary N) is 1. The number of hydrogen-bond acceptors (Lipinski definition) is 2. The average Bonchev–Trinajstić information content (AvgIpc) is 2.49. The van der Waals surface area contributed by atoms with Crippen LogP contribution in [0.15, 0.2) is 42.5 Å². The fourth-order valence-electron chi connectivity index (χ4n) is 2.62. The summed E-state index contributed by atoms with van der Waals surface area (Å²) in [6.07, 6.45) is 0. The highest BCUT2D eigenvalue weighted by molar-refractivity contribution is 5.81. The Balaban J connectivity index is 2.80. The third kappa shape index (κ3) is 5.30. The first kappa shape index (κ1) is 18.4. The zero-order valence-corrected chi connectivity index (χ0v) is 14.6. The molecular weight excluding hydrogens is 272 g/mol. The Morgan fingerprint density at radius 1 is 1.23 bits per heavy atom. The van der Waals surface area contributed by atoms with E-state index in [9.17, 15) is 4.79 Å². The fraction of sp³-hybridized carbons (Fsp3) is 0.526. The maximum atomic E-state index is 12.6. The molecule has 22 heavy (non-hydrogen) atoms. The van der Waals surface area contributed by atoms with E-state index in [1.807, 2.05) is 43.9 Å². The number of carbonyl (C=O) groups excluding carboxylic acids is 1. The molecule has 0 aliphatic rings. The molecule has 122 valence electrons. The van der Waals surface area contributed by atoms with Crippen LogP contribution in [0.25, 0.3) is 0 Å². The molecule has 1 amide bonds. The highest BCUT2D eigenvalue weighted by atomic mass is 16.2. The molecule has 1 aromatic carbocycles. The van der Waals surface area contributed by atoms with Crippen LogP contribution >= 0.6 is 0 Å². The van der Waals surface area contributed by atoms with Crippen molar-refractivity contribution < 1.29 is 4.79 Å². The van der Waals surface area contributed by atoms with Crippen molar-refractivity contribution in [3.63, 3.8) is 0 Å². The summed E-state index contributed by atoms with van der Waals surface area (Å²) in [4.78, 5) is 14.5. The van der Waals surface area contributed by atoms with Gasteiger partial charge in [0.15, 0.2) is 0 Å². The lowest BCUT2D eigenvalue weighted by Gasteiger charge is -2.30. The predicted molar refractivity (Wildman–Crippen MR) is 93.7 cm³/mol. The smallest absolute Gasteiger partial charge is 0.239 e. The third-order valence-corrected chi connectivity index (χ3v) is 3.78. The van der Waals surface area contributed by atoms with Gasteiger partial charge in [0, 0.05) is 19.1 Å². The van der Waals surface area contributed by atoms with Crippen molar-refractivity contribution in [2.75, 3.05) is 13.1 Å². The quantitative estimate of drug-likeness (QED) is 0.741. The van der Waals surface area contributed by atoms with Crippen LogP contribution in [0, 0.1) is 5.92 Å². The SMILES string of the molecule is C=C(C)CN(CC)C(=O)C(C)NC(c1ccccc1)C(C)C. The molecule has 0 bridgehead atoms. The number of benzene rings is 1. The lowest BCUT2D eigenvalue weighted by molar-refractivity contribution is -0.132. The lowest BCUT2D eigenvalue weighted by Crippen LogP contribution is -2.47. The molecule has 2 unspecified atom stereocenters. The zero-order chi connectivity index (χ0) is 16.7. The van der Waals surface area contributed by atoms with E-state index >= 15 is 0 Å². The summed E-state index contributed by atoms with van der Waals surface area (Å²) in [6.45, 7) is 15.5. The summed E-state index contributed by atoms with van der Waals surface area (Å²) in [7, 11) is 0. The predicted octanol–water partition coefficient (Wildman–Crippen LogP) is 3.79. The van der Waals surface area contributed by atoms with Gasteiger partial charge in [-0.25, -0.2) is 0 Å². The van der Waals surface area contributed by atoms with Gasteiger partial charge in [0.1, 0.15) is 0 Å². The van der Waals surface area contributed by atoms with Crippen LogP contribution in [-0.2, 0) is 4.79 Å². The number of hydrogen-bond donors (Lipinski definition) is 1. The zero-order valence-electron chi connectivity index (χ0n) is 14.6. The summed E-state index contributed by atoms with van der Waals surface area (Å²) in [5.41, 5.74) is 2.23. The summed E-state index contributed by atoms with van der Waals surface area (Å²) in [6, 6.07) is 10.3. The Hall–Kier alpha value is -1.61. The first-order chi connectivity index (χ1) is 10.4. The summed E-state index contributed by atoms with van der Waals surface area (Å²) in [5.74, 6) is 0.543. The van der Waals surface area contributed by atoms with E-state index in [2.05, 4.69) is 37.9 Å². The van der Waals surface area contributed by atoms with Crippen molar-refractivity contribution in [3.8, 4) is 0 Å². The minimum absolute atomic E-state index is 0.132. The highest BCUT2D eigenvalue weighted by Crippen LogP contribution is 2.22. The molecule has 3 nitrogen and oxygen atoms in total. The molecule has 0 spiro atoms. The minimum atomic E-state index is -0.216. The fourth-order valence-corrected chi connectivity index (χ4v) is 2.62. The van der Waals surface area contributed by atoms with Gasteiger partial charge < -0.3 is 4.90 Å². The second-order valence-corrected chi connectivity index (χ2v) is 6.33. The van der Waals surface area contributed by atoms with Crippen molar-refractivity contribution in [1.82, 2.24) is 10.2 Å². The van der Waals surface area contributed by atoms with Crippen molar-refractivity contribution in [3.05, 3.63) is 48.0 Å². The summed E-state index contributed by atoms with van der Waals surface area (Å²) < 4.78 is 0. The van der Waals surface area contributed by atoms with Crippen molar-refractivity contribution in [2.45, 2.75) is 46.7 Å². The van der Waals surface area contributed by atoms with Crippen LogP contribution in [0.3, 0.4) is 0 Å². The highest BCUT2D eigenvalue weighted by Gasteiger charge is 2.24. The number of nitrogens with zero attached hydrogens (tertiary/aromatic N) is 1. The van der Waals surface area contributed by atoms with E-state index in [-0.39, 0.29) is 18.0 Å². The Labute approximate surface area is 135 Å². The van der Waals surface area contributed by atoms with Gasteiger partial charge in [-0.15, -0.1) is 0 Å². The van der Waals surface area contributed by atoms with Gasteiger partial charge in [-0.2, -0.15) is 0 Å². The molecule has 0 aliphatic carbocycles. The molecule has 0 saturated carbocycles. The van der Waals surface area contributed by atoms with Gasteiger partial charge >= 0.3 is 0 Å². The molecule has 2 atom stereocenters. The van der Waals surface area contributed by atoms with Crippen LogP contribution in [0.5, 0.6) is 0 Å². The maximum Gasteiger partial charge on any atom is 0.239 e. The van der Waals surface area contributed by atoms with Gasteiger partial charge in [0.05, 0.1) is 6.04 Å². The van der Waals surface area contributed by atoms with E-state index in [0.29, 0.717) is 19.0 Å². The molecule has 0 radical (unpaired) electrons. The second kappa shape index (κ2) is 8.74. The molecule has 0 heterocycles. The molecule has 0 saturated heterocycles. The van der Waals surface area contributed by atoms with Gasteiger partial charge in [-0.1, -0.05) is 56.3 Å². The van der Waals surface area contributed by atoms with Crippen LogP contribution in [-0.4, -0.2) is 29.9 Å². The minimum Gasteiger partial charge on any atom is -0.338 e. The molecule has 1 N–H and O–H groups in total. The van der Waals surface area contributed by atoms with E-state index in [1.54, 1.807) is 0 Å². The largest absolute Gasteiger partial charge is 0.338 e. The topological polar surface area (TPSA) is 32.3 Å². The molecular formula is C19H30N2O. The second-order valence-electron chi connectivity index (χ2n) is 6.33. The van der Waals surface area contributed by atoms with Gasteiger partial charge in [0.25, 0.3) is 0 Å². The molecule has 0 aliphatic heterocycles. The van der Waals surface area contributed by atoms with Crippen molar-refractivity contribution >= 4 is 5.91 Å². The van der Waals surface area contributed by atoms with Crippen LogP contribution in [0.1, 0.15) is 46.2 Å². The lowest BCUT2D eigenvalue weighted by atomic mass is 9.95. The number of carbonyl (C=O) groups is 1. The number of amides is 1. The molecule has 1 aromatic rings. The van der Waals surface area contributed by atoms with Crippen molar-refractivity contribution in [2.24, 2.45) is 5.92 Å². The standard InChI is InChI=1S/C19H30N2O/c1-7-21(13-14(2)3)19(22)16(6)20-18(15(4)5)17-11-9-8-10-12-17/h8-12,15-16,18,20H,2,7,13H2,1,3-6H3. The Morgan fingerprint density at radius 2 is 1.82 bits per heavy atom. The molecule has 0 fully saturated rings. The van der Waals surface area contributed by atoms with E-state index in [4.69, 9.17) is 0 Å². The molecule has 0 aromatic heterocycles. The maximum absolute atomic E-state index is 12.6. The average molecular weight is 302 g/mol. The molecule has 3 heteroatoms. The van der Waals surface area contributed by atoms with E-state index in [0.717, 1.165) is 5.57 Å². The summed E-state index contributed by atoms with van der Waals surface area (Å²) >= 11 is 0. The van der Waals surface area contributed by atoms with E-state index in [1.165, 1.54) is 5.56 Å². The number of rotatable bonds is 8. The van der Waals surface area contributed by atoms with Crippen LogP contribution < -0.4 is 5.32 Å². The van der Waals surface area contributed by atoms with Crippen LogP contribution in [0.4, 0.5) is 0 Å². The van der Waals surface area contributed by atoms with Gasteiger partial charge in [-0.3, -0.25) is 10.1 Å². The molecule has 1 rings (SSSR count).